The second-order valence-corrected chi connectivity index (χ2v) is 6.11. The van der Waals surface area contributed by atoms with Crippen molar-refractivity contribution in [2.45, 2.75) is 11.8 Å². The topological polar surface area (TPSA) is 58.5 Å². The van der Waals surface area contributed by atoms with Gasteiger partial charge in [0.05, 0.1) is 25.2 Å². The fraction of sp³-hybridized carbons (Fsp3) is 0.500. The van der Waals surface area contributed by atoms with Crippen molar-refractivity contribution < 1.29 is 9.84 Å². The van der Waals surface area contributed by atoms with Crippen LogP contribution in [0.3, 0.4) is 0 Å². The SMILES string of the molecule is CSc1nc(N2CCOCC2)c2cc(CO)sc2n1. The third-order valence-electron chi connectivity index (χ3n) is 3.05. The van der Waals surface area contributed by atoms with Gasteiger partial charge < -0.3 is 14.7 Å². The Kier molecular flexibility index (Phi) is 3.88. The standard InChI is InChI=1S/C12H15N3O2S2/c1-18-12-13-10(15-2-4-17-5-3-15)9-6-8(7-16)19-11(9)14-12/h6,16H,2-5,7H2,1H3. The molecule has 102 valence electrons. The molecule has 7 heteroatoms. The van der Waals surface area contributed by atoms with E-state index in [1.807, 2.05) is 12.3 Å². The molecule has 0 amide bonds. The summed E-state index contributed by atoms with van der Waals surface area (Å²) in [5.74, 6) is 0.966. The molecule has 2 aromatic rings. The van der Waals surface area contributed by atoms with Crippen molar-refractivity contribution in [1.29, 1.82) is 0 Å². The number of aromatic nitrogens is 2. The van der Waals surface area contributed by atoms with Crippen LogP contribution in [-0.4, -0.2) is 47.6 Å². The Morgan fingerprint density at radius 2 is 2.21 bits per heavy atom. The number of thioether (sulfide) groups is 1. The molecule has 1 saturated heterocycles. The molecule has 1 aliphatic heterocycles. The van der Waals surface area contributed by atoms with E-state index in [1.165, 1.54) is 11.3 Å². The minimum Gasteiger partial charge on any atom is -0.391 e. The van der Waals surface area contributed by atoms with Gasteiger partial charge >= 0.3 is 0 Å². The summed E-state index contributed by atoms with van der Waals surface area (Å²) in [7, 11) is 0. The van der Waals surface area contributed by atoms with Crippen LogP contribution in [0.25, 0.3) is 10.2 Å². The van der Waals surface area contributed by atoms with Crippen LogP contribution in [0.4, 0.5) is 5.82 Å². The maximum atomic E-state index is 9.29. The second kappa shape index (κ2) is 5.62. The third-order valence-corrected chi connectivity index (χ3v) is 4.61. The number of aliphatic hydroxyl groups is 1. The minimum atomic E-state index is 0.0537. The second-order valence-electron chi connectivity index (χ2n) is 4.22. The number of hydrogen-bond donors (Lipinski definition) is 1. The van der Waals surface area contributed by atoms with Crippen molar-refractivity contribution >= 4 is 39.1 Å². The molecule has 0 bridgehead atoms. The van der Waals surface area contributed by atoms with E-state index in [2.05, 4.69) is 14.9 Å². The van der Waals surface area contributed by atoms with Gasteiger partial charge in [-0.25, -0.2) is 9.97 Å². The van der Waals surface area contributed by atoms with Gasteiger partial charge in [0.1, 0.15) is 10.6 Å². The summed E-state index contributed by atoms with van der Waals surface area (Å²) in [6.07, 6.45) is 1.98. The molecule has 0 aromatic carbocycles. The molecule has 3 heterocycles. The van der Waals surface area contributed by atoms with E-state index in [9.17, 15) is 5.11 Å². The number of ether oxygens (including phenoxy) is 1. The first-order chi connectivity index (χ1) is 9.31. The van der Waals surface area contributed by atoms with E-state index >= 15 is 0 Å². The van der Waals surface area contributed by atoms with Crippen molar-refractivity contribution in [3.05, 3.63) is 10.9 Å². The molecule has 0 aliphatic carbocycles. The third kappa shape index (κ3) is 2.55. The number of morpholine rings is 1. The number of nitrogens with zero attached hydrogens (tertiary/aromatic N) is 3. The first-order valence-electron chi connectivity index (χ1n) is 6.10. The highest BCUT2D eigenvalue weighted by atomic mass is 32.2. The average molecular weight is 297 g/mol. The van der Waals surface area contributed by atoms with Crippen molar-refractivity contribution in [3.63, 3.8) is 0 Å². The fourth-order valence-electron chi connectivity index (χ4n) is 2.12. The van der Waals surface area contributed by atoms with Crippen LogP contribution in [-0.2, 0) is 11.3 Å². The molecule has 0 saturated carbocycles. The van der Waals surface area contributed by atoms with Crippen molar-refractivity contribution in [2.75, 3.05) is 37.5 Å². The highest BCUT2D eigenvalue weighted by Crippen LogP contribution is 2.33. The maximum Gasteiger partial charge on any atom is 0.190 e. The van der Waals surface area contributed by atoms with Crippen LogP contribution in [0.15, 0.2) is 11.2 Å². The maximum absolute atomic E-state index is 9.29. The van der Waals surface area contributed by atoms with E-state index in [-0.39, 0.29) is 6.61 Å². The lowest BCUT2D eigenvalue weighted by Gasteiger charge is -2.28. The van der Waals surface area contributed by atoms with Crippen LogP contribution in [0.1, 0.15) is 4.88 Å². The highest BCUT2D eigenvalue weighted by molar-refractivity contribution is 7.98. The zero-order valence-corrected chi connectivity index (χ0v) is 12.3. The number of rotatable bonds is 3. The first kappa shape index (κ1) is 13.1. The van der Waals surface area contributed by atoms with E-state index in [0.29, 0.717) is 0 Å². The summed E-state index contributed by atoms with van der Waals surface area (Å²) >= 11 is 3.08. The normalized spacial score (nSPS) is 16.2. The number of anilines is 1. The molecule has 1 aliphatic rings. The van der Waals surface area contributed by atoms with Crippen LogP contribution < -0.4 is 4.90 Å². The van der Waals surface area contributed by atoms with E-state index < -0.39 is 0 Å². The molecular weight excluding hydrogens is 282 g/mol. The fourth-order valence-corrected chi connectivity index (χ4v) is 3.42. The molecule has 0 unspecified atom stereocenters. The van der Waals surface area contributed by atoms with Gasteiger partial charge in [-0.1, -0.05) is 11.8 Å². The minimum absolute atomic E-state index is 0.0537. The summed E-state index contributed by atoms with van der Waals surface area (Å²) in [4.78, 5) is 13.3. The van der Waals surface area contributed by atoms with E-state index in [4.69, 9.17) is 4.74 Å². The number of thiophene rings is 1. The number of fused-ring (bicyclic) bond motifs is 1. The lowest BCUT2D eigenvalue weighted by atomic mass is 10.3. The van der Waals surface area contributed by atoms with E-state index in [1.54, 1.807) is 11.8 Å². The first-order valence-corrected chi connectivity index (χ1v) is 8.14. The molecule has 2 aromatic heterocycles. The van der Waals surface area contributed by atoms with Gasteiger partial charge in [0.25, 0.3) is 0 Å². The Bertz CT molecular complexity index is 582. The van der Waals surface area contributed by atoms with Crippen molar-refractivity contribution in [3.8, 4) is 0 Å². The Balaban J connectivity index is 2.11. The molecular formula is C12H15N3O2S2. The zero-order valence-electron chi connectivity index (χ0n) is 10.6. The molecule has 5 nitrogen and oxygen atoms in total. The number of aliphatic hydroxyl groups excluding tert-OH is 1. The lowest BCUT2D eigenvalue weighted by Crippen LogP contribution is -2.37. The Morgan fingerprint density at radius 1 is 1.42 bits per heavy atom. The van der Waals surface area contributed by atoms with Crippen LogP contribution >= 0.6 is 23.1 Å². The van der Waals surface area contributed by atoms with Gasteiger partial charge in [-0.3, -0.25) is 0 Å². The van der Waals surface area contributed by atoms with Gasteiger partial charge in [0, 0.05) is 18.0 Å². The van der Waals surface area contributed by atoms with Crippen LogP contribution in [0.5, 0.6) is 0 Å². The van der Waals surface area contributed by atoms with Gasteiger partial charge in [-0.15, -0.1) is 11.3 Å². The Morgan fingerprint density at radius 3 is 2.89 bits per heavy atom. The van der Waals surface area contributed by atoms with Gasteiger partial charge in [-0.2, -0.15) is 0 Å². The molecule has 0 radical (unpaired) electrons. The van der Waals surface area contributed by atoms with Gasteiger partial charge in [-0.05, 0) is 12.3 Å². The Labute approximate surface area is 119 Å². The largest absolute Gasteiger partial charge is 0.391 e. The predicted octanol–water partition coefficient (Wildman–Crippen LogP) is 1.74. The molecule has 0 spiro atoms. The van der Waals surface area contributed by atoms with E-state index in [0.717, 1.165) is 52.4 Å². The van der Waals surface area contributed by atoms with Crippen molar-refractivity contribution in [2.24, 2.45) is 0 Å². The van der Waals surface area contributed by atoms with Gasteiger partial charge in [0.15, 0.2) is 5.16 Å². The molecule has 0 atom stereocenters. The summed E-state index contributed by atoms with van der Waals surface area (Å²) in [6.45, 7) is 3.22. The van der Waals surface area contributed by atoms with Crippen LogP contribution in [0.2, 0.25) is 0 Å². The molecule has 1 fully saturated rings. The smallest absolute Gasteiger partial charge is 0.190 e. The molecule has 19 heavy (non-hydrogen) atoms. The summed E-state index contributed by atoms with van der Waals surface area (Å²) in [6, 6.07) is 1.99. The highest BCUT2D eigenvalue weighted by Gasteiger charge is 2.18. The summed E-state index contributed by atoms with van der Waals surface area (Å²) in [5, 5.41) is 11.1. The average Bonchev–Trinajstić information content (AvgIpc) is 2.90. The summed E-state index contributed by atoms with van der Waals surface area (Å²) < 4.78 is 5.39. The lowest BCUT2D eigenvalue weighted by molar-refractivity contribution is 0.122. The zero-order chi connectivity index (χ0) is 13.2. The quantitative estimate of drug-likeness (QED) is 0.688. The Hall–Kier alpha value is -0.890. The molecule has 3 rings (SSSR count). The monoisotopic (exact) mass is 297 g/mol. The molecule has 1 N–H and O–H groups in total. The van der Waals surface area contributed by atoms with Crippen molar-refractivity contribution in [1.82, 2.24) is 9.97 Å². The van der Waals surface area contributed by atoms with Crippen LogP contribution in [0, 0.1) is 0 Å². The van der Waals surface area contributed by atoms with Gasteiger partial charge in [0.2, 0.25) is 0 Å². The predicted molar refractivity (Wildman–Crippen MR) is 78.2 cm³/mol. The number of hydrogen-bond acceptors (Lipinski definition) is 7. The summed E-state index contributed by atoms with van der Waals surface area (Å²) in [5.41, 5.74) is 0.